The van der Waals surface area contributed by atoms with Crippen LogP contribution in [-0.4, -0.2) is 36.1 Å². The molecule has 0 bridgehead atoms. The maximum Gasteiger partial charge on any atom is 0.236 e. The molecule has 1 aliphatic carbocycles. The van der Waals surface area contributed by atoms with Crippen LogP contribution in [0, 0.1) is 5.92 Å². The van der Waals surface area contributed by atoms with Gasteiger partial charge in [-0.2, -0.15) is 8.75 Å². The zero-order valence-electron chi connectivity index (χ0n) is 9.09. The molecule has 1 unspecified atom stereocenters. The van der Waals surface area contributed by atoms with E-state index < -0.39 is 10.0 Å². The van der Waals surface area contributed by atoms with E-state index in [0.717, 1.165) is 24.6 Å². The fourth-order valence-corrected chi connectivity index (χ4v) is 3.97. The Balaban J connectivity index is 2.01. The minimum Gasteiger partial charge on any atom is -0.380 e. The zero-order valence-corrected chi connectivity index (χ0v) is 12.3. The number of halogens is 1. The van der Waals surface area contributed by atoms with E-state index in [0.29, 0.717) is 10.5 Å². The van der Waals surface area contributed by atoms with Crippen molar-refractivity contribution in [3.63, 3.8) is 0 Å². The molecule has 2 rings (SSSR count). The SMILES string of the molecule is COC(CS(=O)(=O)Nc1nsnc1Br)C1CC1. The van der Waals surface area contributed by atoms with Crippen LogP contribution in [0.4, 0.5) is 5.82 Å². The third-order valence-corrected chi connectivity index (χ3v) is 5.12. The first-order valence-electron chi connectivity index (χ1n) is 5.03. The number of nitrogens with one attached hydrogen (secondary N) is 1. The summed E-state index contributed by atoms with van der Waals surface area (Å²) in [5, 5.41) is 0. The van der Waals surface area contributed by atoms with E-state index in [9.17, 15) is 8.42 Å². The first-order valence-corrected chi connectivity index (χ1v) is 8.21. The number of ether oxygens (including phenoxy) is 1. The Morgan fingerprint density at radius 3 is 2.76 bits per heavy atom. The van der Waals surface area contributed by atoms with Crippen LogP contribution in [0.25, 0.3) is 0 Å². The van der Waals surface area contributed by atoms with Gasteiger partial charge < -0.3 is 4.74 Å². The van der Waals surface area contributed by atoms with Gasteiger partial charge in [0.1, 0.15) is 0 Å². The molecule has 1 fully saturated rings. The number of anilines is 1. The topological polar surface area (TPSA) is 81.2 Å². The van der Waals surface area contributed by atoms with E-state index in [2.05, 4.69) is 29.4 Å². The number of methoxy groups -OCH3 is 1. The molecular weight excluding hydrogens is 330 g/mol. The molecule has 1 N–H and O–H groups in total. The summed E-state index contributed by atoms with van der Waals surface area (Å²) < 4.78 is 39.4. The second kappa shape index (κ2) is 5.17. The molecule has 0 amide bonds. The summed E-state index contributed by atoms with van der Waals surface area (Å²) in [6.07, 6.45) is 1.84. The van der Waals surface area contributed by atoms with Gasteiger partial charge in [0, 0.05) is 7.11 Å². The third-order valence-electron chi connectivity index (χ3n) is 2.53. The van der Waals surface area contributed by atoms with Crippen LogP contribution in [-0.2, 0) is 14.8 Å². The van der Waals surface area contributed by atoms with Gasteiger partial charge in [-0.15, -0.1) is 0 Å². The van der Waals surface area contributed by atoms with Crippen molar-refractivity contribution in [2.75, 3.05) is 17.6 Å². The van der Waals surface area contributed by atoms with Crippen molar-refractivity contribution in [1.29, 1.82) is 0 Å². The smallest absolute Gasteiger partial charge is 0.236 e. The number of sulfonamides is 1. The lowest BCUT2D eigenvalue weighted by atomic mass is 10.3. The predicted octanol–water partition coefficient (Wildman–Crippen LogP) is 1.47. The van der Waals surface area contributed by atoms with Gasteiger partial charge in [-0.25, -0.2) is 8.42 Å². The van der Waals surface area contributed by atoms with Gasteiger partial charge in [-0.05, 0) is 34.7 Å². The number of rotatable bonds is 6. The lowest BCUT2D eigenvalue weighted by Crippen LogP contribution is -2.29. The molecule has 0 radical (unpaired) electrons. The van der Waals surface area contributed by atoms with Crippen molar-refractivity contribution >= 4 is 43.5 Å². The number of hydrogen-bond donors (Lipinski definition) is 1. The summed E-state index contributed by atoms with van der Waals surface area (Å²) in [4.78, 5) is 0. The molecule has 0 spiro atoms. The summed E-state index contributed by atoms with van der Waals surface area (Å²) in [6, 6.07) is 0. The monoisotopic (exact) mass is 341 g/mol. The van der Waals surface area contributed by atoms with Crippen molar-refractivity contribution in [3.8, 4) is 0 Å². The molecule has 6 nitrogen and oxygen atoms in total. The van der Waals surface area contributed by atoms with Gasteiger partial charge in [0.25, 0.3) is 0 Å². The Morgan fingerprint density at radius 2 is 2.29 bits per heavy atom. The standard InChI is InChI=1S/C8H12BrN3O3S2/c1-15-6(5-2-3-5)4-17(13,14)12-8-7(9)10-16-11-8/h5-6H,2-4H2,1H3,(H,11,12). The Hall–Kier alpha value is -0.250. The Morgan fingerprint density at radius 1 is 1.59 bits per heavy atom. The van der Waals surface area contributed by atoms with E-state index in [4.69, 9.17) is 4.74 Å². The summed E-state index contributed by atoms with van der Waals surface area (Å²) >= 11 is 4.07. The first-order chi connectivity index (χ1) is 8.02. The van der Waals surface area contributed by atoms with E-state index >= 15 is 0 Å². The average molecular weight is 342 g/mol. The molecule has 1 heterocycles. The van der Waals surface area contributed by atoms with Crippen LogP contribution in [0.5, 0.6) is 0 Å². The van der Waals surface area contributed by atoms with Gasteiger partial charge in [0.2, 0.25) is 10.0 Å². The zero-order chi connectivity index (χ0) is 12.5. The Bertz CT molecular complexity index is 486. The van der Waals surface area contributed by atoms with Crippen molar-refractivity contribution in [3.05, 3.63) is 4.60 Å². The third kappa shape index (κ3) is 3.60. The molecule has 96 valence electrons. The first kappa shape index (κ1) is 13.2. The summed E-state index contributed by atoms with van der Waals surface area (Å²) in [6.45, 7) is 0. The van der Waals surface area contributed by atoms with Crippen molar-refractivity contribution in [2.45, 2.75) is 18.9 Å². The van der Waals surface area contributed by atoms with Gasteiger partial charge in [-0.1, -0.05) is 0 Å². The molecule has 17 heavy (non-hydrogen) atoms. The molecule has 1 aliphatic rings. The van der Waals surface area contributed by atoms with Crippen molar-refractivity contribution < 1.29 is 13.2 Å². The van der Waals surface area contributed by atoms with Crippen molar-refractivity contribution in [2.24, 2.45) is 5.92 Å². The maximum absolute atomic E-state index is 11.9. The van der Waals surface area contributed by atoms with Crippen molar-refractivity contribution in [1.82, 2.24) is 8.75 Å². The van der Waals surface area contributed by atoms with Crippen LogP contribution < -0.4 is 4.72 Å². The number of hydrogen-bond acceptors (Lipinski definition) is 6. The van der Waals surface area contributed by atoms with Gasteiger partial charge in [0.15, 0.2) is 10.4 Å². The van der Waals surface area contributed by atoms with E-state index in [1.54, 1.807) is 7.11 Å². The van der Waals surface area contributed by atoms with Gasteiger partial charge >= 0.3 is 0 Å². The summed E-state index contributed by atoms with van der Waals surface area (Å²) in [7, 11) is -1.90. The molecule has 1 saturated carbocycles. The second-order valence-corrected chi connectivity index (χ2v) is 6.95. The number of nitrogens with zero attached hydrogens (tertiary/aromatic N) is 2. The minimum atomic E-state index is -3.44. The highest BCUT2D eigenvalue weighted by atomic mass is 79.9. The molecule has 1 atom stereocenters. The Labute approximate surface area is 112 Å². The fraction of sp³-hybridized carbons (Fsp3) is 0.750. The van der Waals surface area contributed by atoms with Crippen LogP contribution in [0.15, 0.2) is 4.60 Å². The largest absolute Gasteiger partial charge is 0.380 e. The highest BCUT2D eigenvalue weighted by Gasteiger charge is 2.34. The molecule has 1 aromatic rings. The summed E-state index contributed by atoms with van der Waals surface area (Å²) in [5.41, 5.74) is 0. The van der Waals surface area contributed by atoms with E-state index in [1.165, 1.54) is 0 Å². The van der Waals surface area contributed by atoms with Crippen LogP contribution in [0.2, 0.25) is 0 Å². The lowest BCUT2D eigenvalue weighted by molar-refractivity contribution is 0.103. The highest BCUT2D eigenvalue weighted by molar-refractivity contribution is 9.10. The highest BCUT2D eigenvalue weighted by Crippen LogP contribution is 2.34. The Kier molecular flexibility index (Phi) is 4.01. The van der Waals surface area contributed by atoms with Gasteiger partial charge in [-0.3, -0.25) is 4.72 Å². The second-order valence-electron chi connectivity index (χ2n) is 3.90. The maximum atomic E-state index is 11.9. The fourth-order valence-electron chi connectivity index (χ4n) is 1.51. The molecule has 0 aliphatic heterocycles. The summed E-state index contributed by atoms with van der Waals surface area (Å²) in [5.74, 6) is 0.562. The quantitative estimate of drug-likeness (QED) is 0.847. The van der Waals surface area contributed by atoms with Crippen LogP contribution >= 0.6 is 27.7 Å². The molecular formula is C8H12BrN3O3S2. The number of aromatic nitrogens is 2. The van der Waals surface area contributed by atoms with Crippen LogP contribution in [0.3, 0.4) is 0 Å². The van der Waals surface area contributed by atoms with Crippen LogP contribution in [0.1, 0.15) is 12.8 Å². The lowest BCUT2D eigenvalue weighted by Gasteiger charge is -2.14. The molecule has 0 saturated heterocycles. The predicted molar refractivity (Wildman–Crippen MR) is 68.5 cm³/mol. The normalized spacial score (nSPS) is 18.0. The molecule has 0 aromatic carbocycles. The van der Waals surface area contributed by atoms with Gasteiger partial charge in [0.05, 0.1) is 23.6 Å². The minimum absolute atomic E-state index is 0.0435. The molecule has 9 heteroatoms. The van der Waals surface area contributed by atoms with E-state index in [1.807, 2.05) is 0 Å². The molecule has 1 aromatic heterocycles. The average Bonchev–Trinajstić information content (AvgIpc) is 3.02. The van der Waals surface area contributed by atoms with E-state index in [-0.39, 0.29) is 17.7 Å².